The molecular formula is C14H22BrNO. The fourth-order valence-corrected chi connectivity index (χ4v) is 1.82. The highest BCUT2D eigenvalue weighted by Crippen LogP contribution is 2.20. The van der Waals surface area contributed by atoms with Crippen molar-refractivity contribution in [3.05, 3.63) is 28.2 Å². The van der Waals surface area contributed by atoms with E-state index >= 15 is 0 Å². The van der Waals surface area contributed by atoms with Gasteiger partial charge in [-0.25, -0.2) is 0 Å². The zero-order valence-electron chi connectivity index (χ0n) is 10.9. The molecule has 0 fully saturated rings. The van der Waals surface area contributed by atoms with Gasteiger partial charge in [0, 0.05) is 23.3 Å². The van der Waals surface area contributed by atoms with Gasteiger partial charge in [-0.1, -0.05) is 35.8 Å². The second-order valence-electron chi connectivity index (χ2n) is 4.68. The van der Waals surface area contributed by atoms with Gasteiger partial charge >= 0.3 is 0 Å². The summed E-state index contributed by atoms with van der Waals surface area (Å²) in [6, 6.07) is 6.26. The average molecular weight is 300 g/mol. The van der Waals surface area contributed by atoms with Crippen LogP contribution in [0.3, 0.4) is 0 Å². The lowest BCUT2D eigenvalue weighted by Crippen LogP contribution is -2.11. The van der Waals surface area contributed by atoms with Gasteiger partial charge < -0.3 is 10.1 Å². The lowest BCUT2D eigenvalue weighted by Gasteiger charge is -2.11. The highest BCUT2D eigenvalue weighted by Gasteiger charge is 1.98. The Labute approximate surface area is 113 Å². The Kier molecular flexibility index (Phi) is 6.60. The predicted octanol–water partition coefficient (Wildman–Crippen LogP) is 4.23. The zero-order chi connectivity index (χ0) is 12.7. The van der Waals surface area contributed by atoms with Crippen LogP contribution in [0.25, 0.3) is 0 Å². The fraction of sp³-hybridized carbons (Fsp3) is 0.571. The van der Waals surface area contributed by atoms with Gasteiger partial charge in [0.15, 0.2) is 0 Å². The van der Waals surface area contributed by atoms with Crippen LogP contribution < -0.4 is 5.32 Å². The summed E-state index contributed by atoms with van der Waals surface area (Å²) in [5.74, 6) is 0.718. The van der Waals surface area contributed by atoms with E-state index in [-0.39, 0.29) is 0 Å². The summed E-state index contributed by atoms with van der Waals surface area (Å²) in [4.78, 5) is 0. The highest BCUT2D eigenvalue weighted by atomic mass is 79.9. The van der Waals surface area contributed by atoms with Crippen molar-refractivity contribution in [3.63, 3.8) is 0 Å². The summed E-state index contributed by atoms with van der Waals surface area (Å²) in [5, 5.41) is 3.39. The van der Waals surface area contributed by atoms with Gasteiger partial charge in [-0.2, -0.15) is 0 Å². The molecule has 17 heavy (non-hydrogen) atoms. The van der Waals surface area contributed by atoms with Crippen LogP contribution >= 0.6 is 15.9 Å². The quantitative estimate of drug-likeness (QED) is 0.761. The number of ether oxygens (including phenoxy) is 1. The van der Waals surface area contributed by atoms with Gasteiger partial charge in [0.2, 0.25) is 0 Å². The molecule has 0 aliphatic rings. The zero-order valence-corrected chi connectivity index (χ0v) is 12.5. The van der Waals surface area contributed by atoms with E-state index in [0.29, 0.717) is 0 Å². The molecule has 0 aliphatic carbocycles. The summed E-state index contributed by atoms with van der Waals surface area (Å²) in [7, 11) is 0. The maximum absolute atomic E-state index is 5.56. The monoisotopic (exact) mass is 299 g/mol. The van der Waals surface area contributed by atoms with Crippen molar-refractivity contribution >= 4 is 21.6 Å². The highest BCUT2D eigenvalue weighted by molar-refractivity contribution is 9.10. The van der Waals surface area contributed by atoms with Crippen LogP contribution in [0.1, 0.15) is 25.8 Å². The molecule has 0 atom stereocenters. The summed E-state index contributed by atoms with van der Waals surface area (Å²) in [6.07, 6.45) is 1.13. The normalized spacial score (nSPS) is 10.9. The molecule has 1 N–H and O–H groups in total. The number of aryl methyl sites for hydroxylation is 1. The molecule has 0 spiro atoms. The molecule has 1 aromatic rings. The van der Waals surface area contributed by atoms with Gasteiger partial charge in [-0.15, -0.1) is 0 Å². The molecule has 2 nitrogen and oxygen atoms in total. The Morgan fingerprint density at radius 3 is 2.76 bits per heavy atom. The van der Waals surface area contributed by atoms with Crippen LogP contribution in [0.2, 0.25) is 0 Å². The maximum atomic E-state index is 5.56. The van der Waals surface area contributed by atoms with Gasteiger partial charge in [0.25, 0.3) is 0 Å². The second-order valence-corrected chi connectivity index (χ2v) is 5.60. The Bertz CT molecular complexity index is 339. The van der Waals surface area contributed by atoms with Gasteiger partial charge in [0.05, 0.1) is 6.61 Å². The molecule has 0 saturated carbocycles. The molecule has 0 saturated heterocycles. The number of hydrogen-bond donors (Lipinski definition) is 1. The first-order valence-corrected chi connectivity index (χ1v) is 6.96. The van der Waals surface area contributed by atoms with Crippen molar-refractivity contribution in [1.29, 1.82) is 0 Å². The number of rotatable bonds is 7. The Morgan fingerprint density at radius 1 is 1.29 bits per heavy atom. The smallest absolute Gasteiger partial charge is 0.0639 e. The third kappa shape index (κ3) is 6.08. The first-order chi connectivity index (χ1) is 8.09. The number of halogens is 1. The molecule has 0 amide bonds. The van der Waals surface area contributed by atoms with Crippen LogP contribution in [-0.2, 0) is 4.74 Å². The number of hydrogen-bond acceptors (Lipinski definition) is 2. The molecule has 0 heterocycles. The van der Waals surface area contributed by atoms with Crippen LogP contribution in [0.4, 0.5) is 5.69 Å². The minimum atomic E-state index is 0.718. The van der Waals surface area contributed by atoms with E-state index in [1.807, 2.05) is 0 Å². The molecule has 0 radical (unpaired) electrons. The Balaban J connectivity index is 2.20. The van der Waals surface area contributed by atoms with E-state index in [1.54, 1.807) is 0 Å². The first kappa shape index (κ1) is 14.5. The summed E-state index contributed by atoms with van der Waals surface area (Å²) in [6.45, 7) is 9.01. The lowest BCUT2D eigenvalue weighted by atomic mass is 10.1. The Morgan fingerprint density at radius 2 is 2.06 bits per heavy atom. The van der Waals surface area contributed by atoms with Crippen molar-refractivity contribution in [2.45, 2.75) is 27.2 Å². The molecule has 0 aliphatic heterocycles. The van der Waals surface area contributed by atoms with Crippen molar-refractivity contribution < 1.29 is 4.74 Å². The minimum Gasteiger partial charge on any atom is -0.382 e. The largest absolute Gasteiger partial charge is 0.382 e. The SMILES string of the molecule is Cc1ccc(Br)cc1NCCOCCC(C)C. The molecule has 96 valence electrons. The number of benzene rings is 1. The molecule has 1 aromatic carbocycles. The van der Waals surface area contributed by atoms with Crippen LogP contribution in [0.5, 0.6) is 0 Å². The fourth-order valence-electron chi connectivity index (χ4n) is 1.46. The number of anilines is 1. The van der Waals surface area contributed by atoms with E-state index in [2.05, 4.69) is 60.2 Å². The van der Waals surface area contributed by atoms with Gasteiger partial charge in [0.1, 0.15) is 0 Å². The second kappa shape index (κ2) is 7.72. The van der Waals surface area contributed by atoms with E-state index in [4.69, 9.17) is 4.74 Å². The molecule has 0 unspecified atom stereocenters. The van der Waals surface area contributed by atoms with Gasteiger partial charge in [-0.3, -0.25) is 0 Å². The van der Waals surface area contributed by atoms with E-state index < -0.39 is 0 Å². The molecule has 1 rings (SSSR count). The van der Waals surface area contributed by atoms with E-state index in [1.165, 1.54) is 11.3 Å². The van der Waals surface area contributed by atoms with Crippen LogP contribution in [0, 0.1) is 12.8 Å². The Hall–Kier alpha value is -0.540. The van der Waals surface area contributed by atoms with Crippen molar-refractivity contribution in [2.24, 2.45) is 5.92 Å². The van der Waals surface area contributed by atoms with Gasteiger partial charge in [-0.05, 0) is 37.0 Å². The molecule has 0 bridgehead atoms. The topological polar surface area (TPSA) is 21.3 Å². The molecule has 0 aromatic heterocycles. The molecule has 3 heteroatoms. The van der Waals surface area contributed by atoms with Crippen LogP contribution in [-0.4, -0.2) is 19.8 Å². The summed E-state index contributed by atoms with van der Waals surface area (Å²) in [5.41, 5.74) is 2.43. The van der Waals surface area contributed by atoms with Crippen LogP contribution in [0.15, 0.2) is 22.7 Å². The lowest BCUT2D eigenvalue weighted by molar-refractivity contribution is 0.132. The van der Waals surface area contributed by atoms with E-state index in [9.17, 15) is 0 Å². The summed E-state index contributed by atoms with van der Waals surface area (Å²) < 4.78 is 6.67. The first-order valence-electron chi connectivity index (χ1n) is 6.17. The van der Waals surface area contributed by atoms with E-state index in [0.717, 1.165) is 36.6 Å². The third-order valence-corrected chi connectivity index (χ3v) is 3.09. The standard InChI is InChI=1S/C14H22BrNO/c1-11(2)6-8-17-9-7-16-14-10-13(15)5-4-12(14)3/h4-5,10-11,16H,6-9H2,1-3H3. The third-order valence-electron chi connectivity index (χ3n) is 2.60. The minimum absolute atomic E-state index is 0.718. The van der Waals surface area contributed by atoms with Crippen molar-refractivity contribution in [1.82, 2.24) is 0 Å². The number of nitrogens with one attached hydrogen (secondary N) is 1. The molecular weight excluding hydrogens is 278 g/mol. The van der Waals surface area contributed by atoms with Crippen molar-refractivity contribution in [3.8, 4) is 0 Å². The summed E-state index contributed by atoms with van der Waals surface area (Å²) >= 11 is 3.47. The predicted molar refractivity (Wildman–Crippen MR) is 77.6 cm³/mol. The maximum Gasteiger partial charge on any atom is 0.0639 e. The average Bonchev–Trinajstić information content (AvgIpc) is 2.27. The van der Waals surface area contributed by atoms with Crippen molar-refractivity contribution in [2.75, 3.05) is 25.1 Å².